The summed E-state index contributed by atoms with van der Waals surface area (Å²) in [5.74, 6) is 2.27. The number of hydrogen-bond acceptors (Lipinski definition) is 6. The van der Waals surface area contributed by atoms with Crippen LogP contribution in [0.2, 0.25) is 0 Å². The van der Waals surface area contributed by atoms with Gasteiger partial charge in [-0.2, -0.15) is 0 Å². The molecule has 0 amide bonds. The van der Waals surface area contributed by atoms with Gasteiger partial charge < -0.3 is 25.7 Å². The van der Waals surface area contributed by atoms with Gasteiger partial charge in [0.1, 0.15) is 5.75 Å². The summed E-state index contributed by atoms with van der Waals surface area (Å²) in [6, 6.07) is 6.37. The van der Waals surface area contributed by atoms with Crippen molar-refractivity contribution in [3.8, 4) is 17.2 Å². The van der Waals surface area contributed by atoms with Crippen LogP contribution in [-0.4, -0.2) is 32.8 Å². The third-order valence-electron chi connectivity index (χ3n) is 5.68. The third-order valence-corrected chi connectivity index (χ3v) is 5.68. The summed E-state index contributed by atoms with van der Waals surface area (Å²) >= 11 is 0. The average Bonchev–Trinajstić information content (AvgIpc) is 2.67. The fraction of sp³-hybridized carbons (Fsp3) is 0.400. The average molecular weight is 355 g/mol. The normalized spacial score (nSPS) is 18.5. The standard InChI is InChI=1S/C20H25N3O3/c1-24-15-5-4-11-8-14-17-12(9-16(25-2)18(21)19(17)22)6-7-23(14)10-13(11)20(15)26-3/h4-5,9,14H,6-8,10,21-22H2,1-3H3/t14-/m0/s1. The Kier molecular flexibility index (Phi) is 4.07. The van der Waals surface area contributed by atoms with E-state index in [1.165, 1.54) is 16.7 Å². The van der Waals surface area contributed by atoms with Gasteiger partial charge in [0, 0.05) is 24.7 Å². The molecule has 0 fully saturated rings. The van der Waals surface area contributed by atoms with E-state index in [0.29, 0.717) is 17.1 Å². The quantitative estimate of drug-likeness (QED) is 0.824. The lowest BCUT2D eigenvalue weighted by atomic mass is 9.82. The first-order valence-electron chi connectivity index (χ1n) is 8.80. The topological polar surface area (TPSA) is 83.0 Å². The highest BCUT2D eigenvalue weighted by Gasteiger charge is 2.36. The Labute approximate surface area is 153 Å². The lowest BCUT2D eigenvalue weighted by Crippen LogP contribution is -2.40. The van der Waals surface area contributed by atoms with Crippen molar-refractivity contribution >= 4 is 11.4 Å². The fourth-order valence-corrected chi connectivity index (χ4v) is 4.36. The van der Waals surface area contributed by atoms with Gasteiger partial charge in [-0.15, -0.1) is 0 Å². The molecule has 0 spiro atoms. The van der Waals surface area contributed by atoms with Crippen LogP contribution in [0.5, 0.6) is 17.2 Å². The molecule has 2 aliphatic heterocycles. The SMILES string of the molecule is COc1cc2c(c(N)c1N)[C@@H]1Cc3ccc(OC)c(OC)c3CN1CC2. The highest BCUT2D eigenvalue weighted by molar-refractivity contribution is 5.77. The van der Waals surface area contributed by atoms with Crippen LogP contribution in [0.3, 0.4) is 0 Å². The van der Waals surface area contributed by atoms with Crippen LogP contribution in [0.25, 0.3) is 0 Å². The Balaban J connectivity index is 1.81. The summed E-state index contributed by atoms with van der Waals surface area (Å²) in [4.78, 5) is 2.45. The molecule has 2 heterocycles. The minimum Gasteiger partial charge on any atom is -0.495 e. The van der Waals surface area contributed by atoms with Crippen LogP contribution in [-0.2, 0) is 19.4 Å². The zero-order valence-corrected chi connectivity index (χ0v) is 15.5. The number of rotatable bonds is 3. The number of nitrogens with two attached hydrogens (primary N) is 2. The summed E-state index contributed by atoms with van der Waals surface area (Å²) in [5.41, 5.74) is 18.7. The molecule has 0 saturated heterocycles. The van der Waals surface area contributed by atoms with E-state index in [1.807, 2.05) is 12.1 Å². The molecule has 2 aliphatic rings. The summed E-state index contributed by atoms with van der Waals surface area (Å²) in [7, 11) is 4.99. The van der Waals surface area contributed by atoms with E-state index >= 15 is 0 Å². The second-order valence-corrected chi connectivity index (χ2v) is 6.86. The Morgan fingerprint density at radius 3 is 2.42 bits per heavy atom. The van der Waals surface area contributed by atoms with Gasteiger partial charge in [-0.05, 0) is 41.7 Å². The van der Waals surface area contributed by atoms with Crippen LogP contribution in [0.15, 0.2) is 18.2 Å². The van der Waals surface area contributed by atoms with Gasteiger partial charge >= 0.3 is 0 Å². The van der Waals surface area contributed by atoms with E-state index < -0.39 is 0 Å². The zero-order chi connectivity index (χ0) is 18.4. The number of ether oxygens (including phenoxy) is 3. The number of methoxy groups -OCH3 is 3. The summed E-state index contributed by atoms with van der Waals surface area (Å²) in [5, 5.41) is 0. The van der Waals surface area contributed by atoms with E-state index in [-0.39, 0.29) is 6.04 Å². The third kappa shape index (κ3) is 2.36. The van der Waals surface area contributed by atoms with Crippen molar-refractivity contribution in [1.29, 1.82) is 0 Å². The molecule has 4 rings (SSSR count). The van der Waals surface area contributed by atoms with E-state index in [9.17, 15) is 0 Å². The second kappa shape index (κ2) is 6.29. The molecule has 0 radical (unpaired) electrons. The minimum absolute atomic E-state index is 0.220. The molecule has 0 unspecified atom stereocenters. The monoisotopic (exact) mass is 355 g/mol. The predicted molar refractivity (Wildman–Crippen MR) is 102 cm³/mol. The molecule has 1 atom stereocenters. The molecule has 0 bridgehead atoms. The second-order valence-electron chi connectivity index (χ2n) is 6.86. The van der Waals surface area contributed by atoms with Crippen molar-refractivity contribution in [2.45, 2.75) is 25.4 Å². The lowest BCUT2D eigenvalue weighted by Gasteiger charge is -2.42. The Bertz CT molecular complexity index is 866. The van der Waals surface area contributed by atoms with Gasteiger partial charge in [-0.1, -0.05) is 6.07 Å². The smallest absolute Gasteiger partial charge is 0.165 e. The van der Waals surface area contributed by atoms with Gasteiger partial charge in [0.15, 0.2) is 11.5 Å². The molecule has 0 aliphatic carbocycles. The predicted octanol–water partition coefficient (Wildman–Crippen LogP) is 2.53. The number of nitrogens with zero attached hydrogens (tertiary/aromatic N) is 1. The maximum Gasteiger partial charge on any atom is 0.165 e. The van der Waals surface area contributed by atoms with Crippen molar-refractivity contribution in [2.24, 2.45) is 0 Å². The maximum absolute atomic E-state index is 6.43. The lowest BCUT2D eigenvalue weighted by molar-refractivity contribution is 0.158. The van der Waals surface area contributed by atoms with Gasteiger partial charge in [0.25, 0.3) is 0 Å². The van der Waals surface area contributed by atoms with Crippen molar-refractivity contribution in [1.82, 2.24) is 4.90 Å². The number of benzene rings is 2. The van der Waals surface area contributed by atoms with Crippen LogP contribution in [0.4, 0.5) is 11.4 Å². The summed E-state index contributed by atoms with van der Waals surface area (Å²) in [6.45, 7) is 1.77. The first-order valence-corrected chi connectivity index (χ1v) is 8.80. The molecule has 138 valence electrons. The van der Waals surface area contributed by atoms with Gasteiger partial charge in [-0.3, -0.25) is 4.90 Å². The van der Waals surface area contributed by atoms with Gasteiger partial charge in [-0.25, -0.2) is 0 Å². The van der Waals surface area contributed by atoms with E-state index in [4.69, 9.17) is 25.7 Å². The molecule has 0 saturated carbocycles. The molecule has 2 aromatic rings. The first-order chi connectivity index (χ1) is 12.6. The molecule has 6 heteroatoms. The number of anilines is 2. The maximum atomic E-state index is 6.43. The minimum atomic E-state index is 0.220. The zero-order valence-electron chi connectivity index (χ0n) is 15.5. The molecular formula is C20H25N3O3. The summed E-state index contributed by atoms with van der Waals surface area (Å²) < 4.78 is 16.5. The van der Waals surface area contributed by atoms with Crippen LogP contribution < -0.4 is 25.7 Å². The number of fused-ring (bicyclic) bond motifs is 4. The first kappa shape index (κ1) is 16.8. The molecule has 26 heavy (non-hydrogen) atoms. The molecule has 0 aromatic heterocycles. The molecule has 6 nitrogen and oxygen atoms in total. The highest BCUT2D eigenvalue weighted by atomic mass is 16.5. The molecular weight excluding hydrogens is 330 g/mol. The number of hydrogen-bond donors (Lipinski definition) is 2. The van der Waals surface area contributed by atoms with Gasteiger partial charge in [0.2, 0.25) is 0 Å². The van der Waals surface area contributed by atoms with E-state index in [1.54, 1.807) is 21.3 Å². The van der Waals surface area contributed by atoms with E-state index in [0.717, 1.165) is 43.0 Å². The molecule has 4 N–H and O–H groups in total. The van der Waals surface area contributed by atoms with Crippen molar-refractivity contribution < 1.29 is 14.2 Å². The van der Waals surface area contributed by atoms with Crippen molar-refractivity contribution in [3.05, 3.63) is 40.5 Å². The Hall–Kier alpha value is -2.60. The fourth-order valence-electron chi connectivity index (χ4n) is 4.36. The largest absolute Gasteiger partial charge is 0.495 e. The van der Waals surface area contributed by atoms with Crippen LogP contribution in [0, 0.1) is 0 Å². The Morgan fingerprint density at radius 1 is 0.962 bits per heavy atom. The Morgan fingerprint density at radius 2 is 1.73 bits per heavy atom. The van der Waals surface area contributed by atoms with Gasteiger partial charge in [0.05, 0.1) is 32.7 Å². The van der Waals surface area contributed by atoms with E-state index in [2.05, 4.69) is 11.0 Å². The highest BCUT2D eigenvalue weighted by Crippen LogP contribution is 2.47. The van der Waals surface area contributed by atoms with Crippen LogP contribution >= 0.6 is 0 Å². The number of nitrogen functional groups attached to an aromatic ring is 2. The van der Waals surface area contributed by atoms with Crippen molar-refractivity contribution in [3.63, 3.8) is 0 Å². The van der Waals surface area contributed by atoms with Crippen molar-refractivity contribution in [2.75, 3.05) is 39.3 Å². The molecule has 2 aromatic carbocycles. The summed E-state index contributed by atoms with van der Waals surface area (Å²) in [6.07, 6.45) is 1.80. The van der Waals surface area contributed by atoms with Crippen LogP contribution in [0.1, 0.15) is 28.3 Å².